The molecule has 26 heavy (non-hydrogen) atoms. The number of ether oxygens (including phenoxy) is 1. The Morgan fingerprint density at radius 3 is 2.58 bits per heavy atom. The molecule has 0 heterocycles. The summed E-state index contributed by atoms with van der Waals surface area (Å²) in [5.74, 6) is -0.169. The number of phenolic OH excluding ortho intramolecular Hbond substituents is 1. The number of allylic oxidation sites excluding steroid dienone is 5. The molecule has 0 fully saturated rings. The van der Waals surface area contributed by atoms with Crippen LogP contribution < -0.4 is 4.74 Å². The predicted octanol–water partition coefficient (Wildman–Crippen LogP) is 4.11. The van der Waals surface area contributed by atoms with Gasteiger partial charge in [0, 0.05) is 23.5 Å². The molecule has 0 amide bonds. The molecular formula is C22H24O4. The minimum absolute atomic E-state index is 0.00724. The highest BCUT2D eigenvalue weighted by atomic mass is 16.5. The fourth-order valence-corrected chi connectivity index (χ4v) is 4.50. The van der Waals surface area contributed by atoms with Gasteiger partial charge in [-0.1, -0.05) is 31.7 Å². The van der Waals surface area contributed by atoms with Gasteiger partial charge in [0.25, 0.3) is 0 Å². The van der Waals surface area contributed by atoms with Crippen molar-refractivity contribution in [1.29, 1.82) is 0 Å². The average molecular weight is 352 g/mol. The number of rotatable bonds is 3. The topological polar surface area (TPSA) is 63.6 Å². The summed E-state index contributed by atoms with van der Waals surface area (Å²) in [6.45, 7) is 9.25. The molecule has 0 aliphatic heterocycles. The van der Waals surface area contributed by atoms with Crippen LogP contribution in [0, 0.1) is 11.3 Å². The summed E-state index contributed by atoms with van der Waals surface area (Å²) in [6.07, 6.45) is 4.26. The van der Waals surface area contributed by atoms with Crippen molar-refractivity contribution in [3.8, 4) is 11.5 Å². The van der Waals surface area contributed by atoms with Gasteiger partial charge in [0.05, 0.1) is 12.5 Å². The first kappa shape index (κ1) is 18.2. The highest BCUT2D eigenvalue weighted by molar-refractivity contribution is 6.15. The quantitative estimate of drug-likeness (QED) is 0.889. The minimum atomic E-state index is -0.913. The number of carbonyl (C=O) groups is 2. The van der Waals surface area contributed by atoms with Gasteiger partial charge in [0.1, 0.15) is 11.5 Å². The largest absolute Gasteiger partial charge is 0.508 e. The van der Waals surface area contributed by atoms with E-state index in [1.165, 1.54) is 13.2 Å². The number of benzene rings is 1. The Morgan fingerprint density at radius 1 is 1.27 bits per heavy atom. The lowest BCUT2D eigenvalue weighted by Gasteiger charge is -2.48. The van der Waals surface area contributed by atoms with Crippen LogP contribution in [0.5, 0.6) is 11.5 Å². The molecule has 3 unspecified atom stereocenters. The first-order valence-corrected chi connectivity index (χ1v) is 8.73. The predicted molar refractivity (Wildman–Crippen MR) is 100 cm³/mol. The average Bonchev–Trinajstić information content (AvgIpc) is 2.64. The summed E-state index contributed by atoms with van der Waals surface area (Å²) < 4.78 is 5.48. The molecule has 4 nitrogen and oxygen atoms in total. The number of hydrogen-bond donors (Lipinski definition) is 1. The number of Topliss-reactive ketones (excluding diaryl/α,β-unsaturated/α-hetero) is 2. The van der Waals surface area contributed by atoms with E-state index in [-0.39, 0.29) is 23.2 Å². The summed E-state index contributed by atoms with van der Waals surface area (Å²) in [5.41, 5.74) is 1.85. The van der Waals surface area contributed by atoms with Gasteiger partial charge in [-0.25, -0.2) is 0 Å². The number of fused-ring (bicyclic) bond motifs is 1. The number of methoxy groups -OCH3 is 1. The fourth-order valence-electron chi connectivity index (χ4n) is 4.50. The normalized spacial score (nSPS) is 28.5. The van der Waals surface area contributed by atoms with Crippen molar-refractivity contribution in [2.24, 2.45) is 11.3 Å². The van der Waals surface area contributed by atoms with Crippen LogP contribution in [-0.4, -0.2) is 23.8 Å². The molecule has 0 radical (unpaired) electrons. The Balaban J connectivity index is 2.30. The Kier molecular flexibility index (Phi) is 4.39. The third-order valence-electron chi connectivity index (χ3n) is 6.09. The third kappa shape index (κ3) is 2.36. The van der Waals surface area contributed by atoms with Gasteiger partial charge in [0.2, 0.25) is 0 Å². The van der Waals surface area contributed by atoms with Crippen molar-refractivity contribution in [3.63, 3.8) is 0 Å². The maximum Gasteiger partial charge on any atom is 0.166 e. The molecule has 2 aliphatic carbocycles. The molecule has 0 aromatic heterocycles. The Morgan fingerprint density at radius 2 is 1.96 bits per heavy atom. The van der Waals surface area contributed by atoms with Gasteiger partial charge in [0.15, 0.2) is 11.6 Å². The lowest BCUT2D eigenvalue weighted by molar-refractivity contribution is -0.138. The van der Waals surface area contributed by atoms with Crippen LogP contribution in [0.25, 0.3) is 0 Å². The maximum atomic E-state index is 13.4. The second kappa shape index (κ2) is 6.27. The van der Waals surface area contributed by atoms with E-state index in [1.54, 1.807) is 32.1 Å². The molecule has 0 bridgehead atoms. The highest BCUT2D eigenvalue weighted by Gasteiger charge is 2.56. The van der Waals surface area contributed by atoms with Crippen molar-refractivity contribution in [2.45, 2.75) is 33.1 Å². The van der Waals surface area contributed by atoms with Gasteiger partial charge in [-0.2, -0.15) is 0 Å². The van der Waals surface area contributed by atoms with Gasteiger partial charge in [-0.3, -0.25) is 9.59 Å². The fraction of sp³-hybridized carbons (Fsp3) is 0.364. The van der Waals surface area contributed by atoms with Crippen LogP contribution in [0.2, 0.25) is 0 Å². The summed E-state index contributed by atoms with van der Waals surface area (Å²) >= 11 is 0. The summed E-state index contributed by atoms with van der Waals surface area (Å²) in [6, 6.07) is 4.88. The zero-order valence-electron chi connectivity index (χ0n) is 15.6. The molecule has 3 rings (SSSR count). The van der Waals surface area contributed by atoms with E-state index in [2.05, 4.69) is 6.58 Å². The van der Waals surface area contributed by atoms with Crippen LogP contribution in [0.4, 0.5) is 0 Å². The summed E-state index contributed by atoms with van der Waals surface area (Å²) in [4.78, 5) is 26.4. The second-order valence-electron chi connectivity index (χ2n) is 7.28. The van der Waals surface area contributed by atoms with Crippen molar-refractivity contribution >= 4 is 11.6 Å². The molecule has 2 aliphatic rings. The van der Waals surface area contributed by atoms with Gasteiger partial charge in [-0.05, 0) is 43.1 Å². The molecule has 1 aromatic rings. The van der Waals surface area contributed by atoms with Gasteiger partial charge in [-0.15, -0.1) is 0 Å². The van der Waals surface area contributed by atoms with E-state index in [4.69, 9.17) is 4.74 Å². The monoisotopic (exact) mass is 352 g/mol. The molecule has 3 atom stereocenters. The lowest BCUT2D eigenvalue weighted by Crippen LogP contribution is -2.51. The molecule has 4 heteroatoms. The van der Waals surface area contributed by atoms with Gasteiger partial charge < -0.3 is 9.84 Å². The summed E-state index contributed by atoms with van der Waals surface area (Å²) in [5, 5.41) is 9.81. The van der Waals surface area contributed by atoms with E-state index in [9.17, 15) is 14.7 Å². The molecule has 1 aromatic carbocycles. The lowest BCUT2D eigenvalue weighted by atomic mass is 9.52. The Bertz CT molecular complexity index is 874. The van der Waals surface area contributed by atoms with Crippen molar-refractivity contribution < 1.29 is 19.4 Å². The highest BCUT2D eigenvalue weighted by Crippen LogP contribution is 2.57. The van der Waals surface area contributed by atoms with E-state index in [0.717, 1.165) is 11.1 Å². The standard InChI is InChI=1S/C22H24O4/c1-6-14-7-10-17-20(24)12(2)13(3)21(25)22(17,4)19(14)16-9-8-15(23)11-18(16)26-5/h6-9,11,17,19,23H,1,10H2,2-5H3. The minimum Gasteiger partial charge on any atom is -0.508 e. The SMILES string of the molecule is C=CC1=CCC2C(=O)C(C)=C(C)C(=O)C2(C)C1c1ccc(O)cc1OC. The Hall–Kier alpha value is -2.62. The number of hydrogen-bond acceptors (Lipinski definition) is 4. The van der Waals surface area contributed by atoms with Crippen LogP contribution >= 0.6 is 0 Å². The van der Waals surface area contributed by atoms with E-state index < -0.39 is 11.3 Å². The molecule has 136 valence electrons. The number of phenols is 1. The Labute approximate surface area is 153 Å². The zero-order valence-corrected chi connectivity index (χ0v) is 15.6. The first-order chi connectivity index (χ1) is 12.3. The second-order valence-corrected chi connectivity index (χ2v) is 7.28. The number of aromatic hydroxyl groups is 1. The first-order valence-electron chi connectivity index (χ1n) is 8.73. The number of carbonyl (C=O) groups excluding carboxylic acids is 2. The van der Waals surface area contributed by atoms with Crippen molar-refractivity contribution in [3.05, 3.63) is 59.2 Å². The third-order valence-corrected chi connectivity index (χ3v) is 6.09. The molecule has 0 spiro atoms. The van der Waals surface area contributed by atoms with Crippen molar-refractivity contribution in [1.82, 2.24) is 0 Å². The molecular weight excluding hydrogens is 328 g/mol. The van der Waals surface area contributed by atoms with Gasteiger partial charge >= 0.3 is 0 Å². The smallest absolute Gasteiger partial charge is 0.166 e. The molecule has 0 saturated carbocycles. The maximum absolute atomic E-state index is 13.4. The van der Waals surface area contributed by atoms with Crippen LogP contribution in [-0.2, 0) is 9.59 Å². The van der Waals surface area contributed by atoms with Crippen LogP contribution in [0.3, 0.4) is 0 Å². The van der Waals surface area contributed by atoms with E-state index >= 15 is 0 Å². The van der Waals surface area contributed by atoms with Crippen LogP contribution in [0.1, 0.15) is 38.7 Å². The van der Waals surface area contributed by atoms with Crippen molar-refractivity contribution in [2.75, 3.05) is 7.11 Å². The zero-order chi connectivity index (χ0) is 19.2. The summed E-state index contributed by atoms with van der Waals surface area (Å²) in [7, 11) is 1.53. The molecule has 0 saturated heterocycles. The van der Waals surface area contributed by atoms with E-state index in [0.29, 0.717) is 23.3 Å². The molecule has 1 N–H and O–H groups in total. The van der Waals surface area contributed by atoms with Crippen LogP contribution in [0.15, 0.2) is 53.6 Å². The van der Waals surface area contributed by atoms with E-state index in [1.807, 2.05) is 13.0 Å². The number of ketones is 2.